The van der Waals surface area contributed by atoms with Crippen LogP contribution in [0.2, 0.25) is 0 Å². The van der Waals surface area contributed by atoms with Crippen LogP contribution in [0.5, 0.6) is 5.75 Å². The Morgan fingerprint density at radius 3 is 2.32 bits per heavy atom. The molecular formula is C33H29F5N6O3. The van der Waals surface area contributed by atoms with Crippen LogP contribution >= 0.6 is 0 Å². The van der Waals surface area contributed by atoms with Crippen molar-refractivity contribution in [3.8, 4) is 17.0 Å². The standard InChI is InChI=1S/C33H29F5N6O3/c1-42-30-24(17-39-31(40-30)44-14-13-43(32(45)46-2)18-22(44)15-20-9-5-3-6-10-20)28(41-42)23-16-25(33(36,37)38)27(35)29(26(23)34)47-19-21-11-7-4-8-12-21/h3-12,16-17,22H,13-15,18-19H2,1-2H3/t22-/m1/s1. The van der Waals surface area contributed by atoms with Crippen molar-refractivity contribution in [2.24, 2.45) is 7.05 Å². The summed E-state index contributed by atoms with van der Waals surface area (Å²) < 4.78 is 84.5. The van der Waals surface area contributed by atoms with Crippen LogP contribution in [0.3, 0.4) is 0 Å². The van der Waals surface area contributed by atoms with E-state index in [1.165, 1.54) is 25.0 Å². The zero-order chi connectivity index (χ0) is 33.3. The maximum absolute atomic E-state index is 15.9. The average molecular weight is 653 g/mol. The molecule has 1 fully saturated rings. The Morgan fingerprint density at radius 2 is 1.66 bits per heavy atom. The number of rotatable bonds is 7. The number of ether oxygens (including phenoxy) is 2. The second-order valence-corrected chi connectivity index (χ2v) is 11.0. The predicted molar refractivity (Wildman–Crippen MR) is 163 cm³/mol. The van der Waals surface area contributed by atoms with Gasteiger partial charge < -0.3 is 19.3 Å². The first-order chi connectivity index (χ1) is 22.5. The lowest BCUT2D eigenvalue weighted by Crippen LogP contribution is -2.56. The SMILES string of the molecule is COC(=O)N1CCN(c2ncc3c(-c4cc(C(F)(F)F)c(F)c(OCc5ccccc5)c4F)nn(C)c3n2)[C@H](Cc2ccccc2)C1. The van der Waals surface area contributed by atoms with E-state index in [4.69, 9.17) is 9.47 Å². The van der Waals surface area contributed by atoms with Gasteiger partial charge in [0, 0.05) is 38.4 Å². The largest absolute Gasteiger partial charge is 0.483 e. The van der Waals surface area contributed by atoms with Gasteiger partial charge in [-0.2, -0.15) is 23.3 Å². The number of carbonyl (C=O) groups excluding carboxylic acids is 1. The van der Waals surface area contributed by atoms with Crippen molar-refractivity contribution >= 4 is 23.1 Å². The highest BCUT2D eigenvalue weighted by molar-refractivity contribution is 5.92. The zero-order valence-electron chi connectivity index (χ0n) is 25.3. The topological polar surface area (TPSA) is 85.6 Å². The van der Waals surface area contributed by atoms with Crippen LogP contribution in [-0.2, 0) is 31.0 Å². The molecule has 3 heterocycles. The van der Waals surface area contributed by atoms with Crippen molar-refractivity contribution in [1.29, 1.82) is 0 Å². The Hall–Kier alpha value is -5.27. The number of methoxy groups -OCH3 is 1. The summed E-state index contributed by atoms with van der Waals surface area (Å²) in [6.45, 7) is 0.667. The Labute approximate surface area is 266 Å². The molecule has 1 atom stereocenters. The van der Waals surface area contributed by atoms with Gasteiger partial charge in [0.2, 0.25) is 5.95 Å². The molecule has 0 aliphatic carbocycles. The van der Waals surface area contributed by atoms with E-state index in [-0.39, 0.29) is 29.4 Å². The highest BCUT2D eigenvalue weighted by Crippen LogP contribution is 2.42. The first-order valence-electron chi connectivity index (χ1n) is 14.6. The first kappa shape index (κ1) is 31.7. The van der Waals surface area contributed by atoms with Crippen LogP contribution in [-0.4, -0.2) is 63.5 Å². The van der Waals surface area contributed by atoms with Gasteiger partial charge >= 0.3 is 12.3 Å². The molecule has 3 aromatic carbocycles. The maximum atomic E-state index is 15.9. The lowest BCUT2D eigenvalue weighted by atomic mass is 10.0. The number of amides is 1. The van der Waals surface area contributed by atoms with Crippen LogP contribution in [0, 0.1) is 11.6 Å². The molecule has 244 valence electrons. The van der Waals surface area contributed by atoms with Crippen molar-refractivity contribution in [2.45, 2.75) is 25.2 Å². The van der Waals surface area contributed by atoms with Crippen molar-refractivity contribution in [3.63, 3.8) is 0 Å². The third-order valence-corrected chi connectivity index (χ3v) is 8.00. The highest BCUT2D eigenvalue weighted by Gasteiger charge is 2.39. The van der Waals surface area contributed by atoms with E-state index >= 15 is 8.78 Å². The van der Waals surface area contributed by atoms with Crippen LogP contribution in [0.1, 0.15) is 16.7 Å². The van der Waals surface area contributed by atoms with Crippen molar-refractivity contribution in [2.75, 3.05) is 31.6 Å². The van der Waals surface area contributed by atoms with Gasteiger partial charge in [-0.1, -0.05) is 60.7 Å². The Morgan fingerprint density at radius 1 is 0.979 bits per heavy atom. The summed E-state index contributed by atoms with van der Waals surface area (Å²) in [7, 11) is 2.83. The second-order valence-electron chi connectivity index (χ2n) is 11.0. The summed E-state index contributed by atoms with van der Waals surface area (Å²) in [5, 5.41) is 4.44. The quantitative estimate of drug-likeness (QED) is 0.188. The predicted octanol–water partition coefficient (Wildman–Crippen LogP) is 6.41. The zero-order valence-corrected chi connectivity index (χ0v) is 25.3. The number of anilines is 1. The Bertz CT molecular complexity index is 1900. The molecule has 0 spiro atoms. The lowest BCUT2D eigenvalue weighted by Gasteiger charge is -2.41. The van der Waals surface area contributed by atoms with E-state index < -0.39 is 40.8 Å². The molecule has 1 saturated heterocycles. The molecule has 6 rings (SSSR count). The van der Waals surface area contributed by atoms with Crippen molar-refractivity contribution in [1.82, 2.24) is 24.6 Å². The number of nitrogens with zero attached hydrogens (tertiary/aromatic N) is 6. The lowest BCUT2D eigenvalue weighted by molar-refractivity contribution is -0.140. The summed E-state index contributed by atoms with van der Waals surface area (Å²) in [4.78, 5) is 25.1. The Balaban J connectivity index is 1.39. The summed E-state index contributed by atoms with van der Waals surface area (Å²) in [5.74, 6) is -4.07. The minimum atomic E-state index is -5.15. The third-order valence-electron chi connectivity index (χ3n) is 8.00. The van der Waals surface area contributed by atoms with Gasteiger partial charge in [0.05, 0.1) is 24.1 Å². The van der Waals surface area contributed by atoms with Gasteiger partial charge in [-0.3, -0.25) is 0 Å². The van der Waals surface area contributed by atoms with Crippen molar-refractivity contribution < 1.29 is 36.2 Å². The molecule has 5 aromatic rings. The fourth-order valence-corrected chi connectivity index (χ4v) is 5.69. The van der Waals surface area contributed by atoms with E-state index in [1.807, 2.05) is 35.2 Å². The van der Waals surface area contributed by atoms with Gasteiger partial charge in [-0.15, -0.1) is 0 Å². The van der Waals surface area contributed by atoms with Gasteiger partial charge in [0.1, 0.15) is 12.3 Å². The van der Waals surface area contributed by atoms with Crippen LogP contribution in [0.15, 0.2) is 72.9 Å². The monoisotopic (exact) mass is 652 g/mol. The maximum Gasteiger partial charge on any atom is 0.419 e. The molecule has 1 amide bonds. The molecule has 9 nitrogen and oxygen atoms in total. The minimum Gasteiger partial charge on any atom is -0.483 e. The minimum absolute atomic E-state index is 0.150. The van der Waals surface area contributed by atoms with Crippen LogP contribution in [0.25, 0.3) is 22.3 Å². The van der Waals surface area contributed by atoms with Gasteiger partial charge in [-0.05, 0) is 23.6 Å². The smallest absolute Gasteiger partial charge is 0.419 e. The van der Waals surface area contributed by atoms with E-state index in [1.54, 1.807) is 35.2 Å². The fourth-order valence-electron chi connectivity index (χ4n) is 5.69. The summed E-state index contributed by atoms with van der Waals surface area (Å²) in [6.07, 6.45) is -3.69. The third kappa shape index (κ3) is 6.40. The van der Waals surface area contributed by atoms with E-state index in [2.05, 4.69) is 15.1 Å². The molecular weight excluding hydrogens is 623 g/mol. The van der Waals surface area contributed by atoms with Crippen molar-refractivity contribution in [3.05, 3.63) is 101 Å². The molecule has 0 saturated carbocycles. The average Bonchev–Trinajstić information content (AvgIpc) is 3.39. The molecule has 0 N–H and O–H groups in total. The second kappa shape index (κ2) is 12.9. The number of aryl methyl sites for hydroxylation is 1. The molecule has 1 aliphatic heterocycles. The van der Waals surface area contributed by atoms with E-state index in [0.29, 0.717) is 43.6 Å². The molecule has 1 aliphatic rings. The number of hydrogen-bond donors (Lipinski definition) is 0. The molecule has 47 heavy (non-hydrogen) atoms. The number of fused-ring (bicyclic) bond motifs is 1. The number of alkyl halides is 3. The number of hydrogen-bond acceptors (Lipinski definition) is 7. The number of halogens is 5. The van der Waals surface area contributed by atoms with Gasteiger partial charge in [0.25, 0.3) is 0 Å². The van der Waals surface area contributed by atoms with Gasteiger partial charge in [0.15, 0.2) is 23.0 Å². The summed E-state index contributed by atoms with van der Waals surface area (Å²) >= 11 is 0. The summed E-state index contributed by atoms with van der Waals surface area (Å²) in [5.41, 5.74) is -0.776. The van der Waals surface area contributed by atoms with E-state index in [0.717, 1.165) is 5.56 Å². The molecule has 2 aromatic heterocycles. The van der Waals surface area contributed by atoms with Crippen LogP contribution < -0.4 is 9.64 Å². The molecule has 0 unspecified atom stereocenters. The molecule has 0 bridgehead atoms. The molecule has 14 heteroatoms. The highest BCUT2D eigenvalue weighted by atomic mass is 19.4. The van der Waals surface area contributed by atoms with Crippen LogP contribution in [0.4, 0.5) is 32.7 Å². The number of benzene rings is 3. The first-order valence-corrected chi connectivity index (χ1v) is 14.6. The van der Waals surface area contributed by atoms with Gasteiger partial charge in [-0.25, -0.2) is 23.2 Å². The molecule has 0 radical (unpaired) electrons. The fraction of sp³-hybridized carbons (Fsp3) is 0.273. The number of aromatic nitrogens is 4. The number of carbonyl (C=O) groups is 1. The Kier molecular flexibility index (Phi) is 8.67. The summed E-state index contributed by atoms with van der Waals surface area (Å²) in [6, 6.07) is 18.1. The number of piperazine rings is 1. The normalized spacial score (nSPS) is 15.3. The van der Waals surface area contributed by atoms with E-state index in [9.17, 15) is 18.0 Å².